The van der Waals surface area contributed by atoms with E-state index in [0.29, 0.717) is 12.5 Å². The molecule has 1 aliphatic rings. The Bertz CT molecular complexity index is 540. The third kappa shape index (κ3) is 12.5. The molecule has 0 spiro atoms. The molecular weight excluding hydrogens is 386 g/mol. The van der Waals surface area contributed by atoms with Gasteiger partial charge in [-0.05, 0) is 65.7 Å². The van der Waals surface area contributed by atoms with Gasteiger partial charge >= 0.3 is 5.97 Å². The number of hydrogen-bond donors (Lipinski definition) is 1. The molecule has 1 saturated heterocycles. The van der Waals surface area contributed by atoms with Crippen molar-refractivity contribution in [2.45, 2.75) is 57.7 Å². The van der Waals surface area contributed by atoms with Gasteiger partial charge in [-0.2, -0.15) is 0 Å². The number of esters is 1. The number of nitrogens with zero attached hydrogens (tertiary/aromatic N) is 2. The van der Waals surface area contributed by atoms with Crippen LogP contribution in [0.3, 0.4) is 0 Å². The van der Waals surface area contributed by atoms with Gasteiger partial charge in [0.05, 0.1) is 34.6 Å². The second kappa shape index (κ2) is 15.6. The first-order valence-corrected chi connectivity index (χ1v) is 11.0. The molecule has 1 heterocycles. The van der Waals surface area contributed by atoms with Gasteiger partial charge in [-0.3, -0.25) is 14.5 Å². The van der Waals surface area contributed by atoms with Crippen LogP contribution in [0, 0.1) is 5.92 Å². The van der Waals surface area contributed by atoms with E-state index in [1.165, 1.54) is 0 Å². The maximum atomic E-state index is 12.0. The van der Waals surface area contributed by atoms with E-state index in [4.69, 9.17) is 17.0 Å². The van der Waals surface area contributed by atoms with E-state index in [2.05, 4.69) is 29.2 Å². The topological polar surface area (TPSA) is 80.3 Å². The number of ether oxygens (including phenoxy) is 3. The smallest absolute Gasteiger partial charge is 0.306 e. The summed E-state index contributed by atoms with van der Waals surface area (Å²) in [5.41, 5.74) is 0. The van der Waals surface area contributed by atoms with Crippen LogP contribution >= 0.6 is 0 Å². The van der Waals surface area contributed by atoms with Crippen molar-refractivity contribution < 1.29 is 26.5 Å². The van der Waals surface area contributed by atoms with E-state index in [0.717, 1.165) is 51.9 Å². The molecule has 1 amide bonds. The third-order valence-corrected chi connectivity index (χ3v) is 5.30. The van der Waals surface area contributed by atoms with E-state index < -0.39 is 7.06 Å². The molecule has 1 fully saturated rings. The van der Waals surface area contributed by atoms with Gasteiger partial charge < -0.3 is 24.4 Å². The number of nitrogens with one attached hydrogen (secondary N) is 1. The fourth-order valence-electron chi connectivity index (χ4n) is 3.76. The lowest BCUT2D eigenvalue weighted by Gasteiger charge is -2.36. The number of morpholine rings is 1. The van der Waals surface area contributed by atoms with Crippen LogP contribution < -0.4 is 5.32 Å². The Morgan fingerprint density at radius 3 is 2.80 bits per heavy atom. The summed E-state index contributed by atoms with van der Waals surface area (Å²) in [5, 5.41) is 2.51. The highest BCUT2D eigenvalue weighted by Crippen LogP contribution is 2.18. The fourth-order valence-corrected chi connectivity index (χ4v) is 3.76. The molecule has 0 radical (unpaired) electrons. The van der Waals surface area contributed by atoms with E-state index in [-0.39, 0.29) is 43.5 Å². The second-order valence-corrected chi connectivity index (χ2v) is 8.47. The largest absolute Gasteiger partial charge is 0.465 e. The summed E-state index contributed by atoms with van der Waals surface area (Å²) in [4.78, 5) is 27.8. The molecule has 8 heteroatoms. The lowest BCUT2D eigenvalue weighted by atomic mass is 9.98. The standard InChI is InChI=1S/C22H43N3O5/c1-18-14-25(15-20(30-18)17-28-5)13-7-9-19(8-6-12-24(3)4)16-29-22(27)11-10-21(26)23-2/h18-20H,6-17H2,1-5H3,(H,23,26)/i5TD. The lowest BCUT2D eigenvalue weighted by Crippen LogP contribution is -2.48. The Labute approximate surface area is 185 Å². The van der Waals surface area contributed by atoms with Crippen LogP contribution in [0.4, 0.5) is 0 Å². The Morgan fingerprint density at radius 2 is 2.10 bits per heavy atom. The first kappa shape index (κ1) is 23.4. The molecule has 0 aromatic carbocycles. The van der Waals surface area contributed by atoms with Crippen molar-refractivity contribution in [1.82, 2.24) is 15.1 Å². The lowest BCUT2D eigenvalue weighted by molar-refractivity contribution is -0.146. The van der Waals surface area contributed by atoms with Crippen LogP contribution in [0.5, 0.6) is 0 Å². The fraction of sp³-hybridized carbons (Fsp3) is 0.909. The van der Waals surface area contributed by atoms with Gasteiger partial charge in [0.2, 0.25) is 5.91 Å². The molecule has 0 aliphatic carbocycles. The minimum atomic E-state index is -1.29. The number of methoxy groups -OCH3 is 1. The number of amides is 1. The van der Waals surface area contributed by atoms with Gasteiger partial charge in [-0.1, -0.05) is 0 Å². The highest BCUT2D eigenvalue weighted by molar-refractivity contribution is 5.80. The highest BCUT2D eigenvalue weighted by Gasteiger charge is 2.25. The molecule has 1 aliphatic heterocycles. The van der Waals surface area contributed by atoms with E-state index in [1.54, 1.807) is 7.05 Å². The van der Waals surface area contributed by atoms with Crippen molar-refractivity contribution in [1.29, 1.82) is 0 Å². The average Bonchev–Trinajstić information content (AvgIpc) is 2.73. The summed E-state index contributed by atoms with van der Waals surface area (Å²) in [6, 6.07) is 0. The van der Waals surface area contributed by atoms with Crippen LogP contribution in [0.2, 0.25) is 0 Å². The van der Waals surface area contributed by atoms with Crippen molar-refractivity contribution in [2.24, 2.45) is 5.92 Å². The first-order chi connectivity index (χ1) is 15.2. The van der Waals surface area contributed by atoms with Crippen molar-refractivity contribution in [3.63, 3.8) is 0 Å². The molecule has 4 atom stereocenters. The van der Waals surface area contributed by atoms with Gasteiger partial charge in [0.25, 0.3) is 0 Å². The number of carbonyl (C=O) groups excluding carboxylic acids is 2. The van der Waals surface area contributed by atoms with Crippen LogP contribution in [-0.2, 0) is 23.8 Å². The minimum Gasteiger partial charge on any atom is -0.465 e. The van der Waals surface area contributed by atoms with E-state index in [1.807, 2.05) is 6.92 Å². The SMILES string of the molecule is [2H]C([3H])OCC1CN(CCCC(CCCN(C)C)COC(=O)CCC(=O)NC)CC(C)O1. The Balaban J connectivity index is 2.43. The minimum absolute atomic E-state index is 0.0874. The number of rotatable bonds is 15. The molecule has 0 saturated carbocycles. The quantitative estimate of drug-likeness (QED) is 0.393. The summed E-state index contributed by atoms with van der Waals surface area (Å²) in [5.74, 6) is -0.184. The molecule has 8 nitrogen and oxygen atoms in total. The van der Waals surface area contributed by atoms with Crippen LogP contribution in [0.25, 0.3) is 0 Å². The number of hydrogen-bond acceptors (Lipinski definition) is 7. The molecule has 176 valence electrons. The van der Waals surface area contributed by atoms with Crippen LogP contribution in [-0.4, -0.2) is 101 Å². The molecule has 1 N–H and O–H groups in total. The average molecular weight is 433 g/mol. The normalized spacial score (nSPS) is 22.8. The zero-order valence-electron chi connectivity index (χ0n) is 21.2. The zero-order valence-corrected chi connectivity index (χ0v) is 19.2. The third-order valence-electron chi connectivity index (χ3n) is 5.30. The molecule has 0 aromatic rings. The predicted octanol–water partition coefficient (Wildman–Crippen LogP) is 1.53. The summed E-state index contributed by atoms with van der Waals surface area (Å²) in [6.07, 6.45) is 4.22. The van der Waals surface area contributed by atoms with Crippen molar-refractivity contribution >= 4 is 11.9 Å². The predicted molar refractivity (Wildman–Crippen MR) is 117 cm³/mol. The van der Waals surface area contributed by atoms with Crippen LogP contribution in [0.15, 0.2) is 0 Å². The molecule has 0 bridgehead atoms. The first-order valence-electron chi connectivity index (χ1n) is 12.2. The molecule has 0 aromatic heterocycles. The molecule has 4 unspecified atom stereocenters. The van der Waals surface area contributed by atoms with Gasteiger partial charge in [0, 0.05) is 33.6 Å². The van der Waals surface area contributed by atoms with Crippen molar-refractivity contribution in [3.05, 3.63) is 0 Å². The molecular formula is C22H43N3O5. The Hall–Kier alpha value is -1.22. The van der Waals surface area contributed by atoms with Gasteiger partial charge in [-0.25, -0.2) is 0 Å². The molecule has 30 heavy (non-hydrogen) atoms. The monoisotopic (exact) mass is 432 g/mol. The van der Waals surface area contributed by atoms with E-state index >= 15 is 0 Å². The molecule has 1 rings (SSSR count). The summed E-state index contributed by atoms with van der Waals surface area (Å²) in [7, 11) is 4.38. The zero-order chi connectivity index (χ0) is 23.9. The van der Waals surface area contributed by atoms with Gasteiger partial charge in [0.15, 0.2) is 0 Å². The maximum absolute atomic E-state index is 12.0. The van der Waals surface area contributed by atoms with Gasteiger partial charge in [0.1, 0.15) is 0 Å². The summed E-state index contributed by atoms with van der Waals surface area (Å²) in [6.45, 7) is 6.18. The highest BCUT2D eigenvalue weighted by atomic mass is 16.5. The summed E-state index contributed by atoms with van der Waals surface area (Å²) < 4.78 is 30.8. The van der Waals surface area contributed by atoms with Crippen molar-refractivity contribution in [3.8, 4) is 0 Å². The number of carbonyl (C=O) groups is 2. The van der Waals surface area contributed by atoms with Crippen LogP contribution in [0.1, 0.15) is 48.2 Å². The Kier molecular flexibility index (Phi) is 12.2. The van der Waals surface area contributed by atoms with Crippen molar-refractivity contribution in [2.75, 3.05) is 67.6 Å². The summed E-state index contributed by atoms with van der Waals surface area (Å²) >= 11 is 0. The Morgan fingerprint density at radius 1 is 1.33 bits per heavy atom. The second-order valence-electron chi connectivity index (χ2n) is 8.47. The van der Waals surface area contributed by atoms with E-state index in [9.17, 15) is 9.59 Å². The maximum Gasteiger partial charge on any atom is 0.306 e. The van der Waals surface area contributed by atoms with Gasteiger partial charge in [-0.15, -0.1) is 0 Å².